The topological polar surface area (TPSA) is 69.6 Å². The van der Waals surface area contributed by atoms with E-state index in [1.807, 2.05) is 30.3 Å². The van der Waals surface area contributed by atoms with E-state index in [1.54, 1.807) is 18.3 Å². The van der Waals surface area contributed by atoms with E-state index in [1.165, 1.54) is 0 Å². The first kappa shape index (κ1) is 19.8. The van der Waals surface area contributed by atoms with Crippen LogP contribution in [0.4, 0.5) is 11.6 Å². The number of halogens is 1. The molecule has 2 aliphatic rings. The van der Waals surface area contributed by atoms with Gasteiger partial charge >= 0.3 is 0 Å². The van der Waals surface area contributed by atoms with Gasteiger partial charge in [-0.1, -0.05) is 35.9 Å². The van der Waals surface area contributed by atoms with Gasteiger partial charge in [-0.15, -0.1) is 0 Å². The first-order chi connectivity index (χ1) is 15.1. The third-order valence-corrected chi connectivity index (χ3v) is 6.37. The fraction of sp³-hybridized carbons (Fsp3) is 0.292. The van der Waals surface area contributed by atoms with Crippen LogP contribution in [0.3, 0.4) is 0 Å². The van der Waals surface area contributed by atoms with E-state index in [9.17, 15) is 9.90 Å². The number of Topliss-reactive ketones (excluding diaryl/α,β-unsaturated/α-hetero) is 1. The van der Waals surface area contributed by atoms with E-state index < -0.39 is 0 Å². The fourth-order valence-corrected chi connectivity index (χ4v) is 4.66. The highest BCUT2D eigenvalue weighted by Gasteiger charge is 2.30. The quantitative estimate of drug-likeness (QED) is 0.670. The molecule has 1 aliphatic heterocycles. The molecule has 2 aromatic carbocycles. The van der Waals surface area contributed by atoms with Gasteiger partial charge in [-0.2, -0.15) is 0 Å². The van der Waals surface area contributed by atoms with Gasteiger partial charge in [0.25, 0.3) is 0 Å². The summed E-state index contributed by atoms with van der Waals surface area (Å²) in [4.78, 5) is 26.4. The molecule has 0 bridgehead atoms. The lowest BCUT2D eigenvalue weighted by Gasteiger charge is -2.36. The number of aromatic nitrogens is 2. The maximum absolute atomic E-state index is 12.7. The first-order valence-electron chi connectivity index (χ1n) is 10.5. The minimum Gasteiger partial charge on any atom is -0.508 e. The Morgan fingerprint density at radius 1 is 0.968 bits per heavy atom. The van der Waals surface area contributed by atoms with Gasteiger partial charge in [0, 0.05) is 55.4 Å². The number of phenols is 1. The van der Waals surface area contributed by atoms with Crippen molar-refractivity contribution in [2.45, 2.75) is 18.8 Å². The maximum Gasteiger partial charge on any atom is 0.225 e. The van der Waals surface area contributed by atoms with Gasteiger partial charge in [0.15, 0.2) is 5.78 Å². The molecule has 5 rings (SSSR count). The Kier molecular flexibility index (Phi) is 5.24. The van der Waals surface area contributed by atoms with E-state index in [-0.39, 0.29) is 17.5 Å². The summed E-state index contributed by atoms with van der Waals surface area (Å²) in [7, 11) is 0. The van der Waals surface area contributed by atoms with Crippen molar-refractivity contribution >= 4 is 29.0 Å². The van der Waals surface area contributed by atoms with Crippen LogP contribution < -0.4 is 9.80 Å². The highest BCUT2D eigenvalue weighted by atomic mass is 35.5. The lowest BCUT2D eigenvalue weighted by molar-refractivity contribution is 0.0962. The summed E-state index contributed by atoms with van der Waals surface area (Å²) in [5, 5.41) is 11.0. The molecule has 158 valence electrons. The zero-order valence-corrected chi connectivity index (χ0v) is 17.8. The summed E-state index contributed by atoms with van der Waals surface area (Å²) in [6, 6.07) is 15.1. The van der Waals surface area contributed by atoms with Gasteiger partial charge in [0.2, 0.25) is 5.95 Å². The van der Waals surface area contributed by atoms with Crippen molar-refractivity contribution in [2.24, 2.45) is 0 Å². The van der Waals surface area contributed by atoms with Gasteiger partial charge in [0.05, 0.1) is 11.3 Å². The zero-order chi connectivity index (χ0) is 21.4. The number of carbonyl (C=O) groups excluding carboxylic acids is 1. The maximum atomic E-state index is 12.7. The van der Waals surface area contributed by atoms with E-state index >= 15 is 0 Å². The summed E-state index contributed by atoms with van der Waals surface area (Å²) in [5.74, 6) is 0.862. The Bertz CT molecular complexity index is 1130. The molecule has 6 nitrogen and oxygen atoms in total. The van der Waals surface area contributed by atoms with Crippen LogP contribution in [0.1, 0.15) is 34.0 Å². The smallest absolute Gasteiger partial charge is 0.225 e. The number of ketones is 1. The summed E-state index contributed by atoms with van der Waals surface area (Å²) in [6.07, 6.45) is 2.66. The average Bonchev–Trinajstić information content (AvgIpc) is 2.79. The van der Waals surface area contributed by atoms with Crippen LogP contribution in [0.25, 0.3) is 0 Å². The number of anilines is 2. The second-order valence-electron chi connectivity index (χ2n) is 8.07. The van der Waals surface area contributed by atoms with Gasteiger partial charge in [-0.05, 0) is 36.2 Å². The number of piperazine rings is 1. The molecular weight excluding hydrogens is 412 g/mol. The van der Waals surface area contributed by atoms with Crippen LogP contribution in [0.2, 0.25) is 5.02 Å². The second-order valence-corrected chi connectivity index (χ2v) is 8.51. The Hall–Kier alpha value is -3.12. The molecule has 1 saturated heterocycles. The molecule has 1 aromatic heterocycles. The largest absolute Gasteiger partial charge is 0.508 e. The SMILES string of the molecule is O=C1C[C@@H](c2ccccc2O)Cc2nc(N3CCN(c4cccc(Cl)c4)CC3)ncc21. The minimum absolute atomic E-state index is 0.0341. The Morgan fingerprint density at radius 2 is 1.74 bits per heavy atom. The molecule has 3 aromatic rings. The summed E-state index contributed by atoms with van der Waals surface area (Å²) >= 11 is 6.13. The van der Waals surface area contributed by atoms with Gasteiger partial charge in [0.1, 0.15) is 5.75 Å². The van der Waals surface area contributed by atoms with E-state index in [0.29, 0.717) is 24.4 Å². The van der Waals surface area contributed by atoms with Crippen molar-refractivity contribution in [1.82, 2.24) is 9.97 Å². The monoisotopic (exact) mass is 434 g/mol. The van der Waals surface area contributed by atoms with E-state index in [0.717, 1.165) is 48.1 Å². The molecule has 7 heteroatoms. The number of benzene rings is 2. The molecule has 1 aliphatic carbocycles. The lowest BCUT2D eigenvalue weighted by Crippen LogP contribution is -2.47. The van der Waals surface area contributed by atoms with Crippen molar-refractivity contribution in [2.75, 3.05) is 36.0 Å². The highest BCUT2D eigenvalue weighted by molar-refractivity contribution is 6.30. The molecule has 0 saturated carbocycles. The molecule has 31 heavy (non-hydrogen) atoms. The fourth-order valence-electron chi connectivity index (χ4n) is 4.48. The van der Waals surface area contributed by atoms with Gasteiger partial charge in [-0.3, -0.25) is 4.79 Å². The molecule has 2 heterocycles. The average molecular weight is 435 g/mol. The third-order valence-electron chi connectivity index (χ3n) is 6.14. The normalized spacial score (nSPS) is 18.7. The number of carbonyl (C=O) groups is 1. The number of aromatic hydroxyl groups is 1. The minimum atomic E-state index is -0.0661. The molecule has 0 radical (unpaired) electrons. The Labute approximate surface area is 186 Å². The molecular formula is C24H23ClN4O2. The lowest BCUT2D eigenvalue weighted by atomic mass is 9.82. The standard InChI is InChI=1S/C24H23ClN4O2/c25-17-4-3-5-18(14-17)28-8-10-29(11-9-28)24-26-15-20-21(27-24)12-16(13-23(20)31)19-6-1-2-7-22(19)30/h1-7,14-16,30H,8-13H2/t16-/m0/s1. The second kappa shape index (κ2) is 8.19. The van der Waals surface area contributed by atoms with Crippen molar-refractivity contribution in [1.29, 1.82) is 0 Å². The van der Waals surface area contributed by atoms with E-state index in [4.69, 9.17) is 16.6 Å². The summed E-state index contributed by atoms with van der Waals surface area (Å²) in [5.41, 5.74) is 3.30. The van der Waals surface area contributed by atoms with Crippen LogP contribution in [0.15, 0.2) is 54.7 Å². The summed E-state index contributed by atoms with van der Waals surface area (Å²) in [6.45, 7) is 3.28. The highest BCUT2D eigenvalue weighted by Crippen LogP contribution is 2.36. The molecule has 1 fully saturated rings. The van der Waals surface area contributed by atoms with Crippen LogP contribution in [-0.4, -0.2) is 47.0 Å². The third kappa shape index (κ3) is 3.95. The number of phenolic OH excluding ortho intramolecular Hbond substituents is 1. The van der Waals surface area contributed by atoms with Gasteiger partial charge < -0.3 is 14.9 Å². The van der Waals surface area contributed by atoms with Gasteiger partial charge in [-0.25, -0.2) is 9.97 Å². The van der Waals surface area contributed by atoms with Crippen molar-refractivity contribution < 1.29 is 9.90 Å². The molecule has 1 N–H and O–H groups in total. The van der Waals surface area contributed by atoms with Crippen molar-refractivity contribution in [3.63, 3.8) is 0 Å². The number of para-hydroxylation sites is 1. The molecule has 1 atom stereocenters. The summed E-state index contributed by atoms with van der Waals surface area (Å²) < 4.78 is 0. The predicted octanol–water partition coefficient (Wildman–Crippen LogP) is 4.07. The Balaban J connectivity index is 1.33. The number of rotatable bonds is 3. The number of nitrogens with zero attached hydrogens (tertiary/aromatic N) is 4. The molecule has 0 unspecified atom stereocenters. The van der Waals surface area contributed by atoms with Crippen LogP contribution >= 0.6 is 11.6 Å². The van der Waals surface area contributed by atoms with Crippen molar-refractivity contribution in [3.8, 4) is 5.75 Å². The predicted molar refractivity (Wildman–Crippen MR) is 121 cm³/mol. The number of hydrogen-bond donors (Lipinski definition) is 1. The first-order valence-corrected chi connectivity index (χ1v) is 10.9. The van der Waals surface area contributed by atoms with Crippen LogP contribution in [-0.2, 0) is 6.42 Å². The molecule has 0 amide bonds. The van der Waals surface area contributed by atoms with Crippen LogP contribution in [0, 0.1) is 0 Å². The van der Waals surface area contributed by atoms with Crippen molar-refractivity contribution in [3.05, 3.63) is 76.6 Å². The zero-order valence-electron chi connectivity index (χ0n) is 17.0. The van der Waals surface area contributed by atoms with Crippen LogP contribution in [0.5, 0.6) is 5.75 Å². The number of hydrogen-bond acceptors (Lipinski definition) is 6. The number of fused-ring (bicyclic) bond motifs is 1. The van der Waals surface area contributed by atoms with E-state index in [2.05, 4.69) is 20.9 Å². The Morgan fingerprint density at radius 3 is 2.52 bits per heavy atom. The molecule has 0 spiro atoms.